The molecular formula is C12H16N2O3. The highest BCUT2D eigenvalue weighted by atomic mass is 16.6. The minimum absolute atomic E-state index is 0.000332. The Labute approximate surface area is 99.6 Å². The van der Waals surface area contributed by atoms with Crippen molar-refractivity contribution in [3.63, 3.8) is 0 Å². The molecule has 0 unspecified atom stereocenters. The molecule has 5 heteroatoms. The second kappa shape index (κ2) is 4.33. The SMILES string of the molecule is Cc1ccc(NCC2(CO)CC2)cc1[N+](=O)[O-]. The number of rotatable bonds is 5. The average molecular weight is 236 g/mol. The molecule has 0 aromatic heterocycles. The molecule has 92 valence electrons. The molecule has 0 aliphatic heterocycles. The zero-order valence-corrected chi connectivity index (χ0v) is 9.77. The van der Waals surface area contributed by atoms with Gasteiger partial charge in [-0.3, -0.25) is 10.1 Å². The monoisotopic (exact) mass is 236 g/mol. The highest BCUT2D eigenvalue weighted by Crippen LogP contribution is 2.45. The largest absolute Gasteiger partial charge is 0.396 e. The summed E-state index contributed by atoms with van der Waals surface area (Å²) >= 11 is 0. The van der Waals surface area contributed by atoms with E-state index in [0.717, 1.165) is 18.5 Å². The Bertz CT molecular complexity index is 441. The lowest BCUT2D eigenvalue weighted by Crippen LogP contribution is -2.19. The van der Waals surface area contributed by atoms with Crippen LogP contribution in [-0.4, -0.2) is 23.2 Å². The summed E-state index contributed by atoms with van der Waals surface area (Å²) in [4.78, 5) is 10.4. The molecule has 1 saturated carbocycles. The van der Waals surface area contributed by atoms with Gasteiger partial charge < -0.3 is 10.4 Å². The quantitative estimate of drug-likeness (QED) is 0.606. The first kappa shape index (κ1) is 11.9. The van der Waals surface area contributed by atoms with Crippen molar-refractivity contribution in [2.24, 2.45) is 5.41 Å². The van der Waals surface area contributed by atoms with E-state index in [1.165, 1.54) is 0 Å². The Balaban J connectivity index is 2.06. The predicted octanol–water partition coefficient (Wildman–Crippen LogP) is 2.09. The lowest BCUT2D eigenvalue weighted by molar-refractivity contribution is -0.385. The van der Waals surface area contributed by atoms with Crippen LogP contribution in [0, 0.1) is 22.5 Å². The van der Waals surface area contributed by atoms with E-state index in [4.69, 9.17) is 0 Å². The summed E-state index contributed by atoms with van der Waals surface area (Å²) in [6.45, 7) is 2.57. The third kappa shape index (κ3) is 2.55. The van der Waals surface area contributed by atoms with Crippen LogP contribution in [0.1, 0.15) is 18.4 Å². The number of nitrogens with zero attached hydrogens (tertiary/aromatic N) is 1. The van der Waals surface area contributed by atoms with Crippen LogP contribution in [-0.2, 0) is 0 Å². The van der Waals surface area contributed by atoms with Crippen molar-refractivity contribution in [1.29, 1.82) is 0 Å². The van der Waals surface area contributed by atoms with Gasteiger partial charge in [-0.15, -0.1) is 0 Å². The molecule has 0 spiro atoms. The highest BCUT2D eigenvalue weighted by molar-refractivity contribution is 5.55. The number of hydrogen-bond acceptors (Lipinski definition) is 4. The molecule has 1 aliphatic carbocycles. The number of aliphatic hydroxyl groups excluding tert-OH is 1. The zero-order valence-electron chi connectivity index (χ0n) is 9.77. The van der Waals surface area contributed by atoms with Gasteiger partial charge in [0.15, 0.2) is 0 Å². The van der Waals surface area contributed by atoms with Crippen molar-refractivity contribution in [3.8, 4) is 0 Å². The molecule has 0 amide bonds. The molecule has 5 nitrogen and oxygen atoms in total. The first-order chi connectivity index (χ1) is 8.06. The van der Waals surface area contributed by atoms with Crippen LogP contribution in [0.25, 0.3) is 0 Å². The van der Waals surface area contributed by atoms with Crippen LogP contribution in [0.5, 0.6) is 0 Å². The fraction of sp³-hybridized carbons (Fsp3) is 0.500. The first-order valence-corrected chi connectivity index (χ1v) is 5.66. The summed E-state index contributed by atoms with van der Waals surface area (Å²) in [7, 11) is 0. The van der Waals surface area contributed by atoms with E-state index in [1.807, 2.05) is 6.07 Å². The number of nitro groups is 1. The number of aryl methyl sites for hydroxylation is 1. The van der Waals surface area contributed by atoms with Crippen molar-refractivity contribution in [3.05, 3.63) is 33.9 Å². The predicted molar refractivity (Wildman–Crippen MR) is 65.1 cm³/mol. The molecule has 0 atom stereocenters. The van der Waals surface area contributed by atoms with Crippen molar-refractivity contribution in [1.82, 2.24) is 0 Å². The van der Waals surface area contributed by atoms with E-state index in [1.54, 1.807) is 19.1 Å². The van der Waals surface area contributed by atoms with Crippen LogP contribution >= 0.6 is 0 Å². The zero-order chi connectivity index (χ0) is 12.5. The molecular weight excluding hydrogens is 220 g/mol. The van der Waals surface area contributed by atoms with Crippen LogP contribution in [0.3, 0.4) is 0 Å². The summed E-state index contributed by atoms with van der Waals surface area (Å²) in [5, 5.41) is 23.1. The lowest BCUT2D eigenvalue weighted by Gasteiger charge is -2.13. The summed E-state index contributed by atoms with van der Waals surface area (Å²) in [5.74, 6) is 0. The number of anilines is 1. The summed E-state index contributed by atoms with van der Waals surface area (Å²) in [5.41, 5.74) is 1.52. The van der Waals surface area contributed by atoms with Gasteiger partial charge in [0, 0.05) is 29.3 Å². The molecule has 2 N–H and O–H groups in total. The van der Waals surface area contributed by atoms with Crippen molar-refractivity contribution < 1.29 is 10.0 Å². The molecule has 0 saturated heterocycles. The number of nitro benzene ring substituents is 1. The maximum atomic E-state index is 10.8. The van der Waals surface area contributed by atoms with E-state index in [9.17, 15) is 15.2 Å². The Morgan fingerprint density at radius 1 is 1.53 bits per heavy atom. The summed E-state index contributed by atoms with van der Waals surface area (Å²) in [6, 6.07) is 5.11. The standard InChI is InChI=1S/C12H16N2O3/c1-9-2-3-10(6-11(9)14(16)17)13-7-12(8-15)4-5-12/h2-3,6,13,15H,4-5,7-8H2,1H3. The van der Waals surface area contributed by atoms with Gasteiger partial charge in [-0.25, -0.2) is 0 Å². The third-order valence-corrected chi connectivity index (χ3v) is 3.37. The molecule has 0 heterocycles. The summed E-state index contributed by atoms with van der Waals surface area (Å²) < 4.78 is 0. The lowest BCUT2D eigenvalue weighted by atomic mass is 10.1. The molecule has 17 heavy (non-hydrogen) atoms. The van der Waals surface area contributed by atoms with Crippen molar-refractivity contribution >= 4 is 11.4 Å². The van der Waals surface area contributed by atoms with Gasteiger partial charge in [0.25, 0.3) is 5.69 Å². The van der Waals surface area contributed by atoms with Gasteiger partial charge in [0.2, 0.25) is 0 Å². The molecule has 1 aliphatic rings. The normalized spacial score (nSPS) is 16.6. The van der Waals surface area contributed by atoms with Gasteiger partial charge in [0.1, 0.15) is 0 Å². The van der Waals surface area contributed by atoms with Gasteiger partial charge in [-0.1, -0.05) is 6.07 Å². The highest BCUT2D eigenvalue weighted by Gasteiger charge is 2.41. The number of benzene rings is 1. The van der Waals surface area contributed by atoms with Gasteiger partial charge in [0.05, 0.1) is 11.5 Å². The van der Waals surface area contributed by atoms with Gasteiger partial charge in [-0.05, 0) is 25.8 Å². The molecule has 1 fully saturated rings. The average Bonchev–Trinajstić information content (AvgIpc) is 3.08. The topological polar surface area (TPSA) is 75.4 Å². The Kier molecular flexibility index (Phi) is 3.02. The fourth-order valence-electron chi connectivity index (χ4n) is 1.77. The van der Waals surface area contributed by atoms with Crippen LogP contribution in [0.15, 0.2) is 18.2 Å². The maximum absolute atomic E-state index is 10.8. The Hall–Kier alpha value is -1.62. The van der Waals surface area contributed by atoms with Gasteiger partial charge in [-0.2, -0.15) is 0 Å². The van der Waals surface area contributed by atoms with E-state index < -0.39 is 0 Å². The molecule has 0 radical (unpaired) electrons. The number of aliphatic hydroxyl groups is 1. The van der Waals surface area contributed by atoms with Crippen molar-refractivity contribution in [2.75, 3.05) is 18.5 Å². The third-order valence-electron chi connectivity index (χ3n) is 3.37. The maximum Gasteiger partial charge on any atom is 0.274 e. The Morgan fingerprint density at radius 2 is 2.24 bits per heavy atom. The Morgan fingerprint density at radius 3 is 2.76 bits per heavy atom. The summed E-state index contributed by atoms with van der Waals surface area (Å²) in [6.07, 6.45) is 2.04. The van der Waals surface area contributed by atoms with Crippen LogP contribution in [0.2, 0.25) is 0 Å². The van der Waals surface area contributed by atoms with Crippen molar-refractivity contribution in [2.45, 2.75) is 19.8 Å². The second-order valence-electron chi connectivity index (χ2n) is 4.77. The molecule has 1 aromatic carbocycles. The van der Waals surface area contributed by atoms with E-state index in [2.05, 4.69) is 5.32 Å². The smallest absolute Gasteiger partial charge is 0.274 e. The number of nitrogens with one attached hydrogen (secondary N) is 1. The molecule has 2 rings (SSSR count). The minimum atomic E-state index is -0.376. The van der Waals surface area contributed by atoms with Gasteiger partial charge >= 0.3 is 0 Å². The fourth-order valence-corrected chi connectivity index (χ4v) is 1.77. The van der Waals surface area contributed by atoms with Crippen LogP contribution in [0.4, 0.5) is 11.4 Å². The van der Waals surface area contributed by atoms with Crippen LogP contribution < -0.4 is 5.32 Å². The minimum Gasteiger partial charge on any atom is -0.396 e. The number of hydrogen-bond donors (Lipinski definition) is 2. The van der Waals surface area contributed by atoms with E-state index in [0.29, 0.717) is 12.1 Å². The van der Waals surface area contributed by atoms with E-state index >= 15 is 0 Å². The van der Waals surface area contributed by atoms with E-state index in [-0.39, 0.29) is 22.6 Å². The first-order valence-electron chi connectivity index (χ1n) is 5.66. The second-order valence-corrected chi connectivity index (χ2v) is 4.77. The molecule has 0 bridgehead atoms. The molecule has 1 aromatic rings.